The van der Waals surface area contributed by atoms with Gasteiger partial charge in [0.15, 0.2) is 5.78 Å². The summed E-state index contributed by atoms with van der Waals surface area (Å²) >= 11 is 0. The second-order valence-corrected chi connectivity index (χ2v) is 12.2. The lowest BCUT2D eigenvalue weighted by molar-refractivity contribution is -0.0291. The number of piperidine rings is 1. The molecule has 0 aliphatic carbocycles. The van der Waals surface area contributed by atoms with Crippen molar-refractivity contribution >= 4 is 28.9 Å². The number of nitrogens with zero attached hydrogens (tertiary/aromatic N) is 2. The molecule has 0 spiro atoms. The predicted octanol–water partition coefficient (Wildman–Crippen LogP) is 6.22. The lowest BCUT2D eigenvalue weighted by atomic mass is 9.81. The molecular formula is C31H44N2O7. The monoisotopic (exact) mass is 556 g/mol. The Morgan fingerprint density at radius 2 is 1.68 bits per heavy atom. The van der Waals surface area contributed by atoms with Crippen LogP contribution >= 0.6 is 0 Å². The molecule has 1 aromatic carbocycles. The first-order valence-corrected chi connectivity index (χ1v) is 13.8. The third-order valence-corrected chi connectivity index (χ3v) is 6.73. The van der Waals surface area contributed by atoms with Crippen LogP contribution in [0.4, 0.5) is 9.59 Å². The van der Waals surface area contributed by atoms with Gasteiger partial charge in [-0.05, 0) is 77.8 Å². The van der Waals surface area contributed by atoms with Crippen molar-refractivity contribution in [1.82, 2.24) is 9.47 Å². The Hall–Kier alpha value is -3.17. The molecule has 1 saturated heterocycles. The number of ether oxygens (including phenoxy) is 4. The zero-order chi connectivity index (χ0) is 29.7. The number of para-hydroxylation sites is 1. The molecule has 9 nitrogen and oxygen atoms in total. The molecule has 0 unspecified atom stereocenters. The second-order valence-electron chi connectivity index (χ2n) is 12.2. The smallest absolute Gasteiger partial charge is 0.419 e. The molecule has 2 aromatic rings. The van der Waals surface area contributed by atoms with Crippen molar-refractivity contribution in [3.8, 4) is 0 Å². The highest BCUT2D eigenvalue weighted by atomic mass is 16.7. The molecule has 0 saturated carbocycles. The topological polar surface area (TPSA) is 96.3 Å². The molecule has 1 amide bonds. The van der Waals surface area contributed by atoms with E-state index in [0.29, 0.717) is 43.7 Å². The van der Waals surface area contributed by atoms with E-state index in [0.717, 1.165) is 10.9 Å². The number of Topliss-reactive ketones (excluding diaryl/α,β-unsaturated/α-hetero) is 1. The number of ketones is 1. The van der Waals surface area contributed by atoms with Crippen molar-refractivity contribution < 1.29 is 33.3 Å². The summed E-state index contributed by atoms with van der Waals surface area (Å²) in [6.07, 6.45) is 2.06. The molecule has 0 radical (unpaired) electrons. The normalized spacial score (nSPS) is 18.0. The summed E-state index contributed by atoms with van der Waals surface area (Å²) in [5.41, 5.74) is 0.332. The molecule has 2 heterocycles. The molecular weight excluding hydrogens is 512 g/mol. The van der Waals surface area contributed by atoms with Crippen LogP contribution in [0.2, 0.25) is 0 Å². The van der Waals surface area contributed by atoms with Crippen LogP contribution in [0.25, 0.3) is 10.9 Å². The highest BCUT2D eigenvalue weighted by Gasteiger charge is 2.35. The van der Waals surface area contributed by atoms with E-state index >= 15 is 0 Å². The number of hydrogen-bond donors (Lipinski definition) is 0. The number of hydrogen-bond acceptors (Lipinski definition) is 7. The Balaban J connectivity index is 1.95. The molecule has 0 bridgehead atoms. The molecule has 1 fully saturated rings. The van der Waals surface area contributed by atoms with E-state index < -0.39 is 17.3 Å². The quantitative estimate of drug-likeness (QED) is 0.157. The van der Waals surface area contributed by atoms with Crippen molar-refractivity contribution in [2.24, 2.45) is 11.8 Å². The van der Waals surface area contributed by atoms with Gasteiger partial charge in [0.2, 0.25) is 0 Å². The van der Waals surface area contributed by atoms with Gasteiger partial charge in [-0.3, -0.25) is 4.79 Å². The number of benzene rings is 1. The molecule has 220 valence electrons. The van der Waals surface area contributed by atoms with Crippen molar-refractivity contribution in [2.45, 2.75) is 72.0 Å². The molecule has 40 heavy (non-hydrogen) atoms. The number of likely N-dealkylation sites (tertiary alicyclic amines) is 1. The van der Waals surface area contributed by atoms with Gasteiger partial charge in [0.1, 0.15) is 18.0 Å². The van der Waals surface area contributed by atoms with Crippen LogP contribution in [0.5, 0.6) is 0 Å². The van der Waals surface area contributed by atoms with E-state index in [1.807, 2.05) is 45.0 Å². The van der Waals surface area contributed by atoms with E-state index in [4.69, 9.17) is 18.9 Å². The van der Waals surface area contributed by atoms with Crippen molar-refractivity contribution in [3.63, 3.8) is 0 Å². The van der Waals surface area contributed by atoms with Gasteiger partial charge in [-0.1, -0.05) is 24.3 Å². The molecule has 1 aliphatic rings. The minimum Gasteiger partial charge on any atom is -0.444 e. The first-order valence-electron chi connectivity index (χ1n) is 13.8. The molecule has 2 atom stereocenters. The van der Waals surface area contributed by atoms with Crippen LogP contribution in [0.1, 0.15) is 70.4 Å². The zero-order valence-electron chi connectivity index (χ0n) is 25.0. The fourth-order valence-electron chi connectivity index (χ4n) is 5.04. The van der Waals surface area contributed by atoms with Gasteiger partial charge in [-0.15, -0.1) is 6.58 Å². The van der Waals surface area contributed by atoms with Gasteiger partial charge in [-0.2, -0.15) is 0 Å². The first kappa shape index (κ1) is 31.4. The lowest BCUT2D eigenvalue weighted by Crippen LogP contribution is -2.45. The summed E-state index contributed by atoms with van der Waals surface area (Å²) in [5, 5.41) is 0.803. The van der Waals surface area contributed by atoms with Crippen LogP contribution in [-0.4, -0.2) is 72.2 Å². The number of fused-ring (bicyclic) bond motifs is 1. The first-order chi connectivity index (χ1) is 18.8. The summed E-state index contributed by atoms with van der Waals surface area (Å²) in [5.74, 6) is -0.309. The summed E-state index contributed by atoms with van der Waals surface area (Å²) in [4.78, 5) is 42.0. The summed E-state index contributed by atoms with van der Waals surface area (Å²) in [7, 11) is 1.55. The van der Waals surface area contributed by atoms with Crippen LogP contribution in [-0.2, 0) is 25.4 Å². The maximum absolute atomic E-state index is 14.1. The Kier molecular flexibility index (Phi) is 10.2. The molecule has 1 aromatic heterocycles. The Morgan fingerprint density at radius 1 is 1.02 bits per heavy atom. The fraction of sp³-hybridized carbons (Fsp3) is 0.581. The summed E-state index contributed by atoms with van der Waals surface area (Å²) in [6.45, 7) is 16.2. The van der Waals surface area contributed by atoms with E-state index in [1.54, 1.807) is 38.9 Å². The fourth-order valence-corrected chi connectivity index (χ4v) is 5.04. The number of methoxy groups -OCH3 is 1. The van der Waals surface area contributed by atoms with Gasteiger partial charge < -0.3 is 23.8 Å². The number of carbonyl (C=O) groups is 3. The SMILES string of the molecule is C=C[C@H]1CN(C(=O)OC(C)(C)C)CC[C@H]1CC(=O)c1c(CCOCOC)c2ccccc2n1C(=O)OC(C)(C)C. The minimum absolute atomic E-state index is 0.0497. The predicted molar refractivity (Wildman–Crippen MR) is 154 cm³/mol. The van der Waals surface area contributed by atoms with Gasteiger partial charge in [0, 0.05) is 32.0 Å². The molecule has 3 rings (SSSR count). The second kappa shape index (κ2) is 13.0. The Bertz CT molecular complexity index is 1220. The number of rotatable bonds is 9. The average molecular weight is 557 g/mol. The molecule has 1 aliphatic heterocycles. The maximum atomic E-state index is 14.1. The van der Waals surface area contributed by atoms with Crippen molar-refractivity contribution in [1.29, 1.82) is 0 Å². The molecule has 0 N–H and O–H groups in total. The summed E-state index contributed by atoms with van der Waals surface area (Å²) in [6, 6.07) is 7.45. The van der Waals surface area contributed by atoms with E-state index in [1.165, 1.54) is 4.57 Å². The van der Waals surface area contributed by atoms with Crippen LogP contribution in [0, 0.1) is 11.8 Å². The average Bonchev–Trinajstić information content (AvgIpc) is 3.19. The van der Waals surface area contributed by atoms with E-state index in [9.17, 15) is 14.4 Å². The van der Waals surface area contributed by atoms with Crippen LogP contribution < -0.4 is 0 Å². The van der Waals surface area contributed by atoms with Crippen molar-refractivity contribution in [3.05, 3.63) is 48.2 Å². The van der Waals surface area contributed by atoms with Gasteiger partial charge in [-0.25, -0.2) is 14.2 Å². The van der Waals surface area contributed by atoms with E-state index in [2.05, 4.69) is 6.58 Å². The Morgan fingerprint density at radius 3 is 2.30 bits per heavy atom. The van der Waals surface area contributed by atoms with Crippen molar-refractivity contribution in [2.75, 3.05) is 33.6 Å². The standard InChI is InChI=1S/C31H44N2O7/c1-9-21-19-32(28(35)39-30(2,3)4)16-14-22(21)18-26(34)27-24(15-17-38-20-37-8)23-12-10-11-13-25(23)33(27)29(36)40-31(5,6)7/h9-13,21-22H,1,14-20H2,2-8H3/t21-,22-/m0/s1. The lowest BCUT2D eigenvalue weighted by Gasteiger charge is -2.37. The zero-order valence-corrected chi connectivity index (χ0v) is 25.0. The van der Waals surface area contributed by atoms with Gasteiger partial charge in [0.25, 0.3) is 0 Å². The third kappa shape index (κ3) is 7.95. The summed E-state index contributed by atoms with van der Waals surface area (Å²) < 4.78 is 23.3. The van der Waals surface area contributed by atoms with E-state index in [-0.39, 0.29) is 36.9 Å². The number of carbonyl (C=O) groups excluding carboxylic acids is 3. The highest BCUT2D eigenvalue weighted by Crippen LogP contribution is 2.34. The van der Waals surface area contributed by atoms with Crippen LogP contribution in [0.3, 0.4) is 0 Å². The largest absolute Gasteiger partial charge is 0.444 e. The molecule has 9 heteroatoms. The number of aromatic nitrogens is 1. The Labute approximate surface area is 237 Å². The maximum Gasteiger partial charge on any atom is 0.419 e. The number of amides is 1. The highest BCUT2D eigenvalue weighted by molar-refractivity contribution is 6.07. The van der Waals surface area contributed by atoms with Crippen LogP contribution in [0.15, 0.2) is 36.9 Å². The minimum atomic E-state index is -0.743. The van der Waals surface area contributed by atoms with Gasteiger partial charge in [0.05, 0.1) is 17.8 Å². The third-order valence-electron chi connectivity index (χ3n) is 6.73. The van der Waals surface area contributed by atoms with Gasteiger partial charge >= 0.3 is 12.2 Å².